The van der Waals surface area contributed by atoms with Gasteiger partial charge in [-0.2, -0.15) is 8.75 Å². The second-order valence-electron chi connectivity index (χ2n) is 8.45. The number of ether oxygens (including phenoxy) is 1. The Labute approximate surface area is 178 Å². The number of piperidine rings is 1. The molecule has 0 radical (unpaired) electrons. The summed E-state index contributed by atoms with van der Waals surface area (Å²) in [5, 5.41) is 10.9. The van der Waals surface area contributed by atoms with Crippen LogP contribution in [0.3, 0.4) is 0 Å². The van der Waals surface area contributed by atoms with Crippen LogP contribution in [0.15, 0.2) is 18.3 Å². The van der Waals surface area contributed by atoms with E-state index in [0.717, 1.165) is 60.8 Å². The number of anilines is 1. The third kappa shape index (κ3) is 3.12. The van der Waals surface area contributed by atoms with Gasteiger partial charge < -0.3 is 14.7 Å². The molecule has 1 aromatic heterocycles. The van der Waals surface area contributed by atoms with Gasteiger partial charge in [0.15, 0.2) is 5.82 Å². The van der Waals surface area contributed by atoms with Gasteiger partial charge in [-0.15, -0.1) is 0 Å². The van der Waals surface area contributed by atoms with Gasteiger partial charge in [0.25, 0.3) is 0 Å². The molecule has 1 atom stereocenters. The second kappa shape index (κ2) is 7.40. The zero-order chi connectivity index (χ0) is 20.9. The standard InChI is InChI=1S/C21H24N4O4S/c1-13-14(2-3-15-16(13)12-29-19(15)27)17(26)11-24-7-4-21(5-8-24)6-9-25(20(21)28)18-10-22-30-23-18/h2-3,10,17,26H,4-9,11-12H2,1H3. The number of cyclic esters (lactones) is 1. The number of likely N-dealkylation sites (tertiary alicyclic amines) is 1. The summed E-state index contributed by atoms with van der Waals surface area (Å²) < 4.78 is 13.3. The van der Waals surface area contributed by atoms with Crippen molar-refractivity contribution in [2.45, 2.75) is 38.9 Å². The number of β-amino-alcohol motifs (C(OH)–C–C–N with tert-alkyl or cyclic N) is 1. The highest BCUT2D eigenvalue weighted by molar-refractivity contribution is 6.99. The summed E-state index contributed by atoms with van der Waals surface area (Å²) >= 11 is 1.12. The van der Waals surface area contributed by atoms with Crippen molar-refractivity contribution in [3.05, 3.63) is 40.6 Å². The quantitative estimate of drug-likeness (QED) is 0.745. The summed E-state index contributed by atoms with van der Waals surface area (Å²) in [7, 11) is 0. The number of amides is 1. The number of carbonyl (C=O) groups is 2. The Morgan fingerprint density at radius 1 is 1.23 bits per heavy atom. The Balaban J connectivity index is 1.23. The van der Waals surface area contributed by atoms with Crippen molar-refractivity contribution < 1.29 is 19.4 Å². The van der Waals surface area contributed by atoms with Gasteiger partial charge in [0, 0.05) is 18.7 Å². The van der Waals surface area contributed by atoms with Crippen LogP contribution in [0, 0.1) is 12.3 Å². The maximum absolute atomic E-state index is 13.1. The van der Waals surface area contributed by atoms with Crippen molar-refractivity contribution in [2.75, 3.05) is 31.1 Å². The molecule has 5 rings (SSSR count). The molecule has 1 N–H and O–H groups in total. The average Bonchev–Trinajstić information content (AvgIpc) is 3.46. The summed E-state index contributed by atoms with van der Waals surface area (Å²) in [5.41, 5.74) is 2.93. The van der Waals surface area contributed by atoms with Crippen molar-refractivity contribution in [3.8, 4) is 0 Å². The number of aliphatic hydroxyl groups is 1. The van der Waals surface area contributed by atoms with Crippen molar-refractivity contribution in [3.63, 3.8) is 0 Å². The fourth-order valence-corrected chi connectivity index (χ4v) is 5.43. The molecular formula is C21H24N4O4S. The predicted octanol–water partition coefficient (Wildman–Crippen LogP) is 2.07. The summed E-state index contributed by atoms with van der Waals surface area (Å²) in [6, 6.07) is 3.58. The van der Waals surface area contributed by atoms with E-state index in [1.165, 1.54) is 0 Å². The Bertz CT molecular complexity index is 985. The fourth-order valence-electron chi connectivity index (χ4n) is 5.02. The van der Waals surface area contributed by atoms with Crippen molar-refractivity contribution in [2.24, 2.45) is 5.41 Å². The molecule has 0 aliphatic carbocycles. The topological polar surface area (TPSA) is 95.9 Å². The van der Waals surface area contributed by atoms with Crippen LogP contribution >= 0.6 is 11.7 Å². The van der Waals surface area contributed by atoms with E-state index in [9.17, 15) is 14.7 Å². The van der Waals surface area contributed by atoms with E-state index in [1.54, 1.807) is 17.2 Å². The molecule has 3 aliphatic heterocycles. The van der Waals surface area contributed by atoms with Gasteiger partial charge in [0.05, 0.1) is 35.0 Å². The number of hydrogen-bond donors (Lipinski definition) is 1. The number of rotatable bonds is 4. The third-order valence-electron chi connectivity index (χ3n) is 6.95. The maximum atomic E-state index is 13.1. The van der Waals surface area contributed by atoms with Crippen LogP contribution in [0.4, 0.5) is 5.82 Å². The van der Waals surface area contributed by atoms with E-state index >= 15 is 0 Å². The number of aliphatic hydroxyl groups excluding tert-OH is 1. The molecule has 2 aromatic rings. The smallest absolute Gasteiger partial charge is 0.338 e. The SMILES string of the molecule is Cc1c(C(O)CN2CCC3(CC2)CCN(c2cnsn2)C3=O)ccc2c1COC2=O. The lowest BCUT2D eigenvalue weighted by atomic mass is 9.77. The minimum atomic E-state index is -0.642. The first-order chi connectivity index (χ1) is 14.5. The highest BCUT2D eigenvalue weighted by Gasteiger charge is 2.49. The molecule has 1 unspecified atom stereocenters. The van der Waals surface area contributed by atoms with Crippen LogP contribution in [0.1, 0.15) is 52.4 Å². The largest absolute Gasteiger partial charge is 0.457 e. The summed E-state index contributed by atoms with van der Waals surface area (Å²) in [6.07, 6.45) is 3.44. The number of nitrogens with zero attached hydrogens (tertiary/aromatic N) is 4. The van der Waals surface area contributed by atoms with E-state index in [4.69, 9.17) is 4.74 Å². The first-order valence-electron chi connectivity index (χ1n) is 10.3. The average molecular weight is 429 g/mol. The summed E-state index contributed by atoms with van der Waals surface area (Å²) in [5.74, 6) is 0.531. The molecule has 30 heavy (non-hydrogen) atoms. The van der Waals surface area contributed by atoms with Crippen molar-refractivity contribution in [1.82, 2.24) is 13.6 Å². The van der Waals surface area contributed by atoms with E-state index in [2.05, 4.69) is 13.6 Å². The van der Waals surface area contributed by atoms with Crippen molar-refractivity contribution >= 4 is 29.4 Å². The monoisotopic (exact) mass is 428 g/mol. The van der Waals surface area contributed by atoms with Crippen LogP contribution in [0.5, 0.6) is 0 Å². The highest BCUT2D eigenvalue weighted by Crippen LogP contribution is 2.43. The lowest BCUT2D eigenvalue weighted by Crippen LogP contribution is -2.45. The van der Waals surface area contributed by atoms with Gasteiger partial charge in [0.2, 0.25) is 5.91 Å². The van der Waals surface area contributed by atoms with E-state index in [1.807, 2.05) is 13.0 Å². The number of hydrogen-bond acceptors (Lipinski definition) is 8. The van der Waals surface area contributed by atoms with Crippen LogP contribution in [0.25, 0.3) is 0 Å². The van der Waals surface area contributed by atoms with E-state index < -0.39 is 6.10 Å². The Kier molecular flexibility index (Phi) is 4.83. The number of fused-ring (bicyclic) bond motifs is 1. The van der Waals surface area contributed by atoms with Gasteiger partial charge >= 0.3 is 5.97 Å². The molecule has 1 spiro atoms. The maximum Gasteiger partial charge on any atom is 0.338 e. The highest BCUT2D eigenvalue weighted by atomic mass is 32.1. The minimum absolute atomic E-state index is 0.162. The molecule has 1 amide bonds. The first-order valence-corrected chi connectivity index (χ1v) is 11.0. The molecule has 4 heterocycles. The van der Waals surface area contributed by atoms with Gasteiger partial charge in [-0.25, -0.2) is 4.79 Å². The molecule has 2 saturated heterocycles. The van der Waals surface area contributed by atoms with Gasteiger partial charge in [-0.05, 0) is 56.5 Å². The predicted molar refractivity (Wildman–Crippen MR) is 110 cm³/mol. The van der Waals surface area contributed by atoms with Gasteiger partial charge in [-0.3, -0.25) is 9.69 Å². The van der Waals surface area contributed by atoms with E-state index in [-0.39, 0.29) is 23.9 Å². The molecule has 1 aromatic carbocycles. The molecule has 0 bridgehead atoms. The molecule has 0 saturated carbocycles. The Morgan fingerprint density at radius 2 is 2.00 bits per heavy atom. The molecule has 8 nitrogen and oxygen atoms in total. The summed E-state index contributed by atoms with van der Waals surface area (Å²) in [4.78, 5) is 28.8. The first kappa shape index (κ1) is 19.6. The fraction of sp³-hybridized carbons (Fsp3) is 0.524. The Hall–Kier alpha value is -2.36. The number of aromatic nitrogens is 2. The molecule has 9 heteroatoms. The van der Waals surface area contributed by atoms with Crippen molar-refractivity contribution in [1.29, 1.82) is 0 Å². The molecular weight excluding hydrogens is 404 g/mol. The zero-order valence-electron chi connectivity index (χ0n) is 16.8. The number of esters is 1. The summed E-state index contributed by atoms with van der Waals surface area (Å²) in [6.45, 7) is 4.97. The second-order valence-corrected chi connectivity index (χ2v) is 9.01. The third-order valence-corrected chi connectivity index (χ3v) is 7.42. The van der Waals surface area contributed by atoms with Crippen LogP contribution in [-0.4, -0.2) is 56.8 Å². The lowest BCUT2D eigenvalue weighted by Gasteiger charge is -2.38. The number of carbonyl (C=O) groups excluding carboxylic acids is 2. The molecule has 2 fully saturated rings. The van der Waals surface area contributed by atoms with Crippen LogP contribution in [-0.2, 0) is 16.1 Å². The van der Waals surface area contributed by atoms with Gasteiger partial charge in [0.1, 0.15) is 6.61 Å². The van der Waals surface area contributed by atoms with Gasteiger partial charge in [-0.1, -0.05) is 6.07 Å². The van der Waals surface area contributed by atoms with Crippen LogP contribution < -0.4 is 4.90 Å². The molecule has 158 valence electrons. The van der Waals surface area contributed by atoms with E-state index in [0.29, 0.717) is 24.5 Å². The lowest BCUT2D eigenvalue weighted by molar-refractivity contribution is -0.128. The van der Waals surface area contributed by atoms with Crippen LogP contribution in [0.2, 0.25) is 0 Å². The Morgan fingerprint density at radius 3 is 2.73 bits per heavy atom. The molecule has 3 aliphatic rings. The minimum Gasteiger partial charge on any atom is -0.457 e. The zero-order valence-corrected chi connectivity index (χ0v) is 17.7. The number of benzene rings is 1. The normalized spacial score (nSPS) is 21.9.